The van der Waals surface area contributed by atoms with Crippen molar-refractivity contribution < 1.29 is 9.31 Å². The number of nitro groups is 1. The Hall–Kier alpha value is -2.89. The van der Waals surface area contributed by atoms with Crippen LogP contribution in [0.15, 0.2) is 48.7 Å². The van der Waals surface area contributed by atoms with Crippen LogP contribution < -0.4 is 5.32 Å². The lowest BCUT2D eigenvalue weighted by molar-refractivity contribution is -0.385. The summed E-state index contributed by atoms with van der Waals surface area (Å²) in [5.74, 6) is -0.632. The molecule has 3 rings (SSSR count). The highest BCUT2D eigenvalue weighted by Crippen LogP contribution is 2.21. The van der Waals surface area contributed by atoms with E-state index in [1.165, 1.54) is 12.1 Å². The third kappa shape index (κ3) is 2.84. The van der Waals surface area contributed by atoms with E-state index in [0.29, 0.717) is 12.2 Å². The molecule has 0 amide bonds. The minimum atomic E-state index is -0.632. The Balaban J connectivity index is 1.79. The molecule has 1 heterocycles. The number of hydrogen-bond acceptors (Lipinski definition) is 3. The van der Waals surface area contributed by atoms with E-state index in [0.717, 1.165) is 22.5 Å². The maximum atomic E-state index is 13.3. The lowest BCUT2D eigenvalue weighted by atomic mass is 10.1. The van der Waals surface area contributed by atoms with Gasteiger partial charge in [0.05, 0.1) is 11.0 Å². The number of benzene rings is 2. The maximum Gasteiger partial charge on any atom is 0.274 e. The van der Waals surface area contributed by atoms with Crippen molar-refractivity contribution in [3.63, 3.8) is 0 Å². The molecule has 21 heavy (non-hydrogen) atoms. The van der Waals surface area contributed by atoms with Crippen LogP contribution in [0.2, 0.25) is 0 Å². The largest absolute Gasteiger partial charge is 0.381 e. The van der Waals surface area contributed by atoms with Crippen LogP contribution in [0.4, 0.5) is 15.8 Å². The average molecular weight is 285 g/mol. The van der Waals surface area contributed by atoms with Crippen LogP contribution in [0.1, 0.15) is 5.56 Å². The molecule has 0 atom stereocenters. The molecule has 5 nitrogen and oxygen atoms in total. The Labute approximate surface area is 119 Å². The van der Waals surface area contributed by atoms with E-state index in [-0.39, 0.29) is 5.69 Å². The molecule has 3 aromatic rings. The van der Waals surface area contributed by atoms with Crippen molar-refractivity contribution in [1.82, 2.24) is 4.98 Å². The first kappa shape index (κ1) is 13.1. The molecular formula is C15H12FN3O2. The summed E-state index contributed by atoms with van der Waals surface area (Å²) in [7, 11) is 0. The molecule has 0 bridgehead atoms. The van der Waals surface area contributed by atoms with Crippen LogP contribution in [0, 0.1) is 15.9 Å². The van der Waals surface area contributed by atoms with Crippen LogP contribution >= 0.6 is 0 Å². The van der Waals surface area contributed by atoms with Crippen LogP contribution in [0.3, 0.4) is 0 Å². The first-order valence-corrected chi connectivity index (χ1v) is 6.37. The van der Waals surface area contributed by atoms with E-state index >= 15 is 0 Å². The van der Waals surface area contributed by atoms with Crippen LogP contribution in [-0.4, -0.2) is 9.91 Å². The van der Waals surface area contributed by atoms with Gasteiger partial charge in [0.25, 0.3) is 5.69 Å². The van der Waals surface area contributed by atoms with E-state index in [4.69, 9.17) is 0 Å². The second kappa shape index (κ2) is 5.24. The summed E-state index contributed by atoms with van der Waals surface area (Å²) < 4.78 is 13.3. The van der Waals surface area contributed by atoms with Gasteiger partial charge in [0, 0.05) is 30.0 Å². The SMILES string of the molecule is O=[N+]([O-])c1cc(F)cc(NCc2ccc3[nH]ccc3c2)c1. The topological polar surface area (TPSA) is 71.0 Å². The minimum absolute atomic E-state index is 0.265. The number of rotatable bonds is 4. The number of fused-ring (bicyclic) bond motifs is 1. The van der Waals surface area contributed by atoms with Crippen molar-refractivity contribution in [2.24, 2.45) is 0 Å². The number of aromatic nitrogens is 1. The molecule has 2 aromatic carbocycles. The molecule has 0 spiro atoms. The molecule has 6 heteroatoms. The van der Waals surface area contributed by atoms with Gasteiger partial charge in [0.2, 0.25) is 0 Å². The Morgan fingerprint density at radius 3 is 2.86 bits per heavy atom. The number of halogens is 1. The smallest absolute Gasteiger partial charge is 0.274 e. The second-order valence-corrected chi connectivity index (χ2v) is 4.71. The number of non-ortho nitro benzene ring substituents is 1. The predicted molar refractivity (Wildman–Crippen MR) is 78.7 cm³/mol. The van der Waals surface area contributed by atoms with Gasteiger partial charge in [-0.05, 0) is 35.2 Å². The summed E-state index contributed by atoms with van der Waals surface area (Å²) in [5.41, 5.74) is 2.17. The van der Waals surface area contributed by atoms with Crippen LogP contribution in [0.5, 0.6) is 0 Å². The van der Waals surface area contributed by atoms with Gasteiger partial charge in [-0.15, -0.1) is 0 Å². The fraction of sp³-hybridized carbons (Fsp3) is 0.0667. The maximum absolute atomic E-state index is 13.3. The highest BCUT2D eigenvalue weighted by Gasteiger charge is 2.09. The van der Waals surface area contributed by atoms with Gasteiger partial charge in [0.15, 0.2) is 0 Å². The molecule has 0 unspecified atom stereocenters. The Morgan fingerprint density at radius 2 is 2.05 bits per heavy atom. The van der Waals surface area contributed by atoms with Gasteiger partial charge in [-0.3, -0.25) is 10.1 Å². The van der Waals surface area contributed by atoms with E-state index < -0.39 is 10.7 Å². The van der Waals surface area contributed by atoms with Crippen molar-refractivity contribution in [2.75, 3.05) is 5.32 Å². The zero-order chi connectivity index (χ0) is 14.8. The third-order valence-electron chi connectivity index (χ3n) is 3.21. The number of nitrogens with zero attached hydrogens (tertiary/aromatic N) is 1. The van der Waals surface area contributed by atoms with Gasteiger partial charge in [-0.2, -0.15) is 0 Å². The number of anilines is 1. The second-order valence-electron chi connectivity index (χ2n) is 4.71. The monoisotopic (exact) mass is 285 g/mol. The van der Waals surface area contributed by atoms with E-state index in [2.05, 4.69) is 10.3 Å². The summed E-state index contributed by atoms with van der Waals surface area (Å²) >= 11 is 0. The number of H-pyrrole nitrogens is 1. The van der Waals surface area contributed by atoms with Gasteiger partial charge >= 0.3 is 0 Å². The molecule has 0 aliphatic carbocycles. The van der Waals surface area contributed by atoms with Gasteiger partial charge in [-0.1, -0.05) is 6.07 Å². The zero-order valence-corrected chi connectivity index (χ0v) is 11.0. The molecule has 0 radical (unpaired) electrons. The predicted octanol–water partition coefficient (Wildman–Crippen LogP) is 3.83. The van der Waals surface area contributed by atoms with E-state index in [9.17, 15) is 14.5 Å². The zero-order valence-electron chi connectivity index (χ0n) is 11.0. The highest BCUT2D eigenvalue weighted by molar-refractivity contribution is 5.80. The number of nitro benzene ring substituents is 1. The molecule has 0 fully saturated rings. The molecule has 0 aliphatic heterocycles. The van der Waals surface area contributed by atoms with E-state index in [1.807, 2.05) is 30.5 Å². The summed E-state index contributed by atoms with van der Waals surface area (Å²) in [5, 5.41) is 14.8. The van der Waals surface area contributed by atoms with Crippen molar-refractivity contribution in [3.05, 3.63) is 70.2 Å². The lowest BCUT2D eigenvalue weighted by Crippen LogP contribution is -2.00. The minimum Gasteiger partial charge on any atom is -0.381 e. The molecule has 106 valence electrons. The van der Waals surface area contributed by atoms with Crippen LogP contribution in [0.25, 0.3) is 10.9 Å². The van der Waals surface area contributed by atoms with Gasteiger partial charge in [-0.25, -0.2) is 4.39 Å². The fourth-order valence-electron chi connectivity index (χ4n) is 2.20. The highest BCUT2D eigenvalue weighted by atomic mass is 19.1. The molecule has 0 saturated heterocycles. The fourth-order valence-corrected chi connectivity index (χ4v) is 2.20. The first-order valence-electron chi connectivity index (χ1n) is 6.37. The van der Waals surface area contributed by atoms with Crippen LogP contribution in [-0.2, 0) is 6.54 Å². The summed E-state index contributed by atoms with van der Waals surface area (Å²) in [6.45, 7) is 0.460. The normalized spacial score (nSPS) is 10.7. The Morgan fingerprint density at radius 1 is 1.19 bits per heavy atom. The number of nitrogens with one attached hydrogen (secondary N) is 2. The van der Waals surface area contributed by atoms with Gasteiger partial charge < -0.3 is 10.3 Å². The standard InChI is InChI=1S/C15H12FN3O2/c16-12-6-13(8-14(7-12)19(20)21)18-9-10-1-2-15-11(5-10)3-4-17-15/h1-8,17-18H,9H2. The molecule has 0 aliphatic rings. The van der Waals surface area contributed by atoms with Crippen molar-refractivity contribution in [2.45, 2.75) is 6.54 Å². The summed E-state index contributed by atoms with van der Waals surface area (Å²) in [6, 6.07) is 11.3. The van der Waals surface area contributed by atoms with Crippen molar-refractivity contribution >= 4 is 22.3 Å². The van der Waals surface area contributed by atoms with Crippen molar-refractivity contribution in [1.29, 1.82) is 0 Å². The van der Waals surface area contributed by atoms with E-state index in [1.54, 1.807) is 0 Å². The first-order chi connectivity index (χ1) is 10.1. The Kier molecular flexibility index (Phi) is 3.27. The molecular weight excluding hydrogens is 273 g/mol. The summed E-state index contributed by atoms with van der Waals surface area (Å²) in [6.07, 6.45) is 1.86. The molecule has 0 saturated carbocycles. The third-order valence-corrected chi connectivity index (χ3v) is 3.21. The average Bonchev–Trinajstić information content (AvgIpc) is 2.92. The molecule has 1 aromatic heterocycles. The van der Waals surface area contributed by atoms with Gasteiger partial charge in [0.1, 0.15) is 5.82 Å². The molecule has 2 N–H and O–H groups in total. The summed E-state index contributed by atoms with van der Waals surface area (Å²) in [4.78, 5) is 13.2. The number of hydrogen-bond donors (Lipinski definition) is 2. The lowest BCUT2D eigenvalue weighted by Gasteiger charge is -2.07. The van der Waals surface area contributed by atoms with Crippen molar-refractivity contribution in [3.8, 4) is 0 Å². The quantitative estimate of drug-likeness (QED) is 0.565. The Bertz CT molecular complexity index is 814. The number of aromatic amines is 1.